The number of hydrogen-bond acceptors (Lipinski definition) is 1. The van der Waals surface area contributed by atoms with E-state index in [9.17, 15) is 4.39 Å². The van der Waals surface area contributed by atoms with Crippen LogP contribution in [0.25, 0.3) is 6.20 Å². The number of nitrogens with zero attached hydrogens (tertiary/aromatic N) is 2. The summed E-state index contributed by atoms with van der Waals surface area (Å²) in [6, 6.07) is 2.96. The lowest BCUT2D eigenvalue weighted by atomic mass is 10.4. The molecule has 11 heavy (non-hydrogen) atoms. The summed E-state index contributed by atoms with van der Waals surface area (Å²) in [5.41, 5.74) is 0.682. The van der Waals surface area contributed by atoms with Gasteiger partial charge in [-0.25, -0.2) is 4.39 Å². The first kappa shape index (κ1) is 7.72. The Labute approximate surface area is 64.3 Å². The van der Waals surface area contributed by atoms with Gasteiger partial charge in [-0.1, -0.05) is 6.58 Å². The Morgan fingerprint density at radius 3 is 2.91 bits per heavy atom. The molecule has 0 radical (unpaired) electrons. The molecule has 0 unspecified atom stereocenters. The topological polar surface area (TPSA) is 17.3 Å². The second-order valence-electron chi connectivity index (χ2n) is 2.02. The fourth-order valence-corrected chi connectivity index (χ4v) is 0.818. The molecule has 0 N–H and O–H groups in total. The van der Waals surface area contributed by atoms with E-state index in [1.807, 2.05) is 0 Å². The zero-order valence-electron chi connectivity index (χ0n) is 6.29. The van der Waals surface area contributed by atoms with Gasteiger partial charge in [0.2, 0.25) is 0 Å². The summed E-state index contributed by atoms with van der Waals surface area (Å²) >= 11 is 0. The summed E-state index contributed by atoms with van der Waals surface area (Å²) in [5, 5.41) is 0. The first-order valence-corrected chi connectivity index (χ1v) is 3.21. The standard InChI is InChI=1S/C8H9FN2/c1-3-11-6-7(9)4-5-8(11)10-2/h3-6H,1H2,2H3. The highest BCUT2D eigenvalue weighted by Gasteiger charge is 1.90. The van der Waals surface area contributed by atoms with Crippen LogP contribution in [-0.4, -0.2) is 11.6 Å². The summed E-state index contributed by atoms with van der Waals surface area (Å²) in [4.78, 5) is 3.91. The van der Waals surface area contributed by atoms with E-state index in [0.29, 0.717) is 5.49 Å². The van der Waals surface area contributed by atoms with Crippen LogP contribution in [0.1, 0.15) is 0 Å². The second kappa shape index (κ2) is 3.14. The highest BCUT2D eigenvalue weighted by molar-refractivity contribution is 5.17. The van der Waals surface area contributed by atoms with E-state index < -0.39 is 0 Å². The third kappa shape index (κ3) is 1.55. The molecular formula is C8H9FN2. The first-order valence-electron chi connectivity index (χ1n) is 3.21. The van der Waals surface area contributed by atoms with E-state index in [4.69, 9.17) is 0 Å². The van der Waals surface area contributed by atoms with Crippen molar-refractivity contribution in [2.45, 2.75) is 0 Å². The van der Waals surface area contributed by atoms with Crippen molar-refractivity contribution >= 4 is 6.20 Å². The molecule has 3 heteroatoms. The van der Waals surface area contributed by atoms with Gasteiger partial charge in [0.05, 0.1) is 0 Å². The van der Waals surface area contributed by atoms with Crippen LogP contribution in [0.3, 0.4) is 0 Å². The lowest BCUT2D eigenvalue weighted by Gasteiger charge is -1.98. The van der Waals surface area contributed by atoms with Crippen LogP contribution < -0.4 is 5.49 Å². The lowest BCUT2D eigenvalue weighted by molar-refractivity contribution is 0.614. The molecule has 1 aromatic heterocycles. The van der Waals surface area contributed by atoms with Crippen molar-refractivity contribution in [1.82, 2.24) is 4.57 Å². The van der Waals surface area contributed by atoms with Crippen LogP contribution in [0.4, 0.5) is 4.39 Å². The molecule has 0 atom stereocenters. The number of aromatic nitrogens is 1. The van der Waals surface area contributed by atoms with Crippen molar-refractivity contribution in [3.8, 4) is 0 Å². The van der Waals surface area contributed by atoms with Crippen molar-refractivity contribution in [2.24, 2.45) is 4.99 Å². The Bertz CT molecular complexity index is 325. The van der Waals surface area contributed by atoms with Crippen molar-refractivity contribution in [2.75, 3.05) is 7.05 Å². The van der Waals surface area contributed by atoms with Crippen LogP contribution in [0.5, 0.6) is 0 Å². The molecular weight excluding hydrogens is 143 g/mol. The van der Waals surface area contributed by atoms with Gasteiger partial charge in [0.15, 0.2) is 0 Å². The van der Waals surface area contributed by atoms with Crippen molar-refractivity contribution in [3.63, 3.8) is 0 Å². The van der Waals surface area contributed by atoms with Crippen molar-refractivity contribution in [1.29, 1.82) is 0 Å². The molecule has 2 nitrogen and oxygen atoms in total. The van der Waals surface area contributed by atoms with Crippen LogP contribution in [0, 0.1) is 5.82 Å². The number of rotatable bonds is 1. The summed E-state index contributed by atoms with van der Waals surface area (Å²) in [5.74, 6) is -0.294. The Morgan fingerprint density at radius 2 is 2.36 bits per heavy atom. The fraction of sp³-hybridized carbons (Fsp3) is 0.125. The largest absolute Gasteiger partial charge is 0.307 e. The molecule has 1 aromatic rings. The van der Waals surface area contributed by atoms with E-state index in [2.05, 4.69) is 11.6 Å². The third-order valence-corrected chi connectivity index (χ3v) is 1.34. The van der Waals surface area contributed by atoms with E-state index in [1.54, 1.807) is 13.1 Å². The predicted molar refractivity (Wildman–Crippen MR) is 42.3 cm³/mol. The third-order valence-electron chi connectivity index (χ3n) is 1.34. The van der Waals surface area contributed by atoms with E-state index >= 15 is 0 Å². The molecule has 0 aromatic carbocycles. The van der Waals surface area contributed by atoms with Crippen LogP contribution in [-0.2, 0) is 0 Å². The lowest BCUT2D eigenvalue weighted by Crippen LogP contribution is -2.15. The zero-order valence-corrected chi connectivity index (χ0v) is 6.29. The SMILES string of the molecule is C=Cn1cc(F)ccc1=NC. The average molecular weight is 152 g/mol. The van der Waals surface area contributed by atoms with E-state index in [1.165, 1.54) is 23.0 Å². The van der Waals surface area contributed by atoms with Gasteiger partial charge in [0.1, 0.15) is 11.3 Å². The Balaban J connectivity index is 3.40. The second-order valence-corrected chi connectivity index (χ2v) is 2.02. The highest BCUT2D eigenvalue weighted by atomic mass is 19.1. The van der Waals surface area contributed by atoms with Crippen molar-refractivity contribution in [3.05, 3.63) is 36.2 Å². The van der Waals surface area contributed by atoms with Gasteiger partial charge in [0.25, 0.3) is 0 Å². The molecule has 0 aliphatic heterocycles. The molecule has 0 bridgehead atoms. The summed E-state index contributed by atoms with van der Waals surface area (Å²) in [7, 11) is 1.65. The van der Waals surface area contributed by atoms with Gasteiger partial charge in [-0.15, -0.1) is 0 Å². The Hall–Kier alpha value is -1.38. The van der Waals surface area contributed by atoms with Crippen LogP contribution in [0.2, 0.25) is 0 Å². The number of hydrogen-bond donors (Lipinski definition) is 0. The monoisotopic (exact) mass is 152 g/mol. The summed E-state index contributed by atoms with van der Waals surface area (Å²) < 4.78 is 14.1. The van der Waals surface area contributed by atoms with Gasteiger partial charge >= 0.3 is 0 Å². The zero-order chi connectivity index (χ0) is 8.27. The molecule has 58 valence electrons. The van der Waals surface area contributed by atoms with E-state index in [-0.39, 0.29) is 5.82 Å². The molecule has 0 aliphatic carbocycles. The van der Waals surface area contributed by atoms with Gasteiger partial charge in [-0.3, -0.25) is 4.99 Å². The molecule has 1 heterocycles. The van der Waals surface area contributed by atoms with E-state index in [0.717, 1.165) is 0 Å². The van der Waals surface area contributed by atoms with Gasteiger partial charge < -0.3 is 4.57 Å². The van der Waals surface area contributed by atoms with Crippen LogP contribution >= 0.6 is 0 Å². The summed E-state index contributed by atoms with van der Waals surface area (Å²) in [6.45, 7) is 3.52. The fourth-order valence-electron chi connectivity index (χ4n) is 0.818. The molecule has 0 amide bonds. The average Bonchev–Trinajstić information content (AvgIpc) is 2.04. The Morgan fingerprint density at radius 1 is 1.64 bits per heavy atom. The molecule has 0 fully saturated rings. The van der Waals surface area contributed by atoms with Gasteiger partial charge in [0, 0.05) is 19.4 Å². The minimum Gasteiger partial charge on any atom is -0.307 e. The normalized spacial score (nSPS) is 11.6. The quantitative estimate of drug-likeness (QED) is 0.576. The van der Waals surface area contributed by atoms with Gasteiger partial charge in [-0.2, -0.15) is 0 Å². The maximum absolute atomic E-state index is 12.6. The summed E-state index contributed by atoms with van der Waals surface area (Å²) in [6.07, 6.45) is 2.83. The molecule has 0 saturated carbocycles. The smallest absolute Gasteiger partial charge is 0.139 e. The van der Waals surface area contributed by atoms with Crippen LogP contribution in [0.15, 0.2) is 29.9 Å². The number of pyridine rings is 1. The van der Waals surface area contributed by atoms with Crippen molar-refractivity contribution < 1.29 is 4.39 Å². The first-order chi connectivity index (χ1) is 5.27. The maximum Gasteiger partial charge on any atom is 0.139 e. The van der Waals surface area contributed by atoms with Gasteiger partial charge in [-0.05, 0) is 12.1 Å². The molecule has 0 aliphatic rings. The number of halogens is 1. The predicted octanol–water partition coefficient (Wildman–Crippen LogP) is 1.26. The molecule has 0 saturated heterocycles. The highest BCUT2D eigenvalue weighted by Crippen LogP contribution is 1.91. The maximum atomic E-state index is 12.6. The Kier molecular flexibility index (Phi) is 2.21. The minimum atomic E-state index is -0.294. The minimum absolute atomic E-state index is 0.294. The molecule has 1 rings (SSSR count). The molecule has 0 spiro atoms.